The molecule has 2 heterocycles. The Morgan fingerprint density at radius 1 is 1.29 bits per heavy atom. The minimum absolute atomic E-state index is 0.345. The molecule has 1 atom stereocenters. The predicted molar refractivity (Wildman–Crippen MR) is 59.7 cm³/mol. The van der Waals surface area contributed by atoms with E-state index in [2.05, 4.69) is 16.7 Å². The van der Waals surface area contributed by atoms with E-state index >= 15 is 0 Å². The Hall–Kier alpha value is -2.30. The molecule has 1 aromatic heterocycles. The molecule has 1 aromatic carbocycles. The molecule has 0 amide bonds. The number of para-hydroxylation sites is 2. The standard InChI is InChI=1S/C12H10N2O3/c1-2-11-13-12(14-17-11)10-7-15-8-5-3-4-6-9(8)16-10/h2-6,10H,1,7H2. The molecular weight excluding hydrogens is 220 g/mol. The van der Waals surface area contributed by atoms with Gasteiger partial charge < -0.3 is 14.0 Å². The molecule has 0 spiro atoms. The Kier molecular flexibility index (Phi) is 2.29. The zero-order valence-corrected chi connectivity index (χ0v) is 9.00. The van der Waals surface area contributed by atoms with Gasteiger partial charge in [0, 0.05) is 0 Å². The summed E-state index contributed by atoms with van der Waals surface area (Å²) in [5, 5.41) is 3.82. The van der Waals surface area contributed by atoms with Crippen molar-refractivity contribution in [3.8, 4) is 11.5 Å². The zero-order chi connectivity index (χ0) is 11.7. The third kappa shape index (κ3) is 1.75. The molecule has 0 radical (unpaired) electrons. The lowest BCUT2D eigenvalue weighted by Crippen LogP contribution is -2.22. The van der Waals surface area contributed by atoms with Gasteiger partial charge in [0.15, 0.2) is 17.6 Å². The quantitative estimate of drug-likeness (QED) is 0.791. The van der Waals surface area contributed by atoms with Crippen LogP contribution in [0.2, 0.25) is 0 Å². The van der Waals surface area contributed by atoms with Gasteiger partial charge in [0.1, 0.15) is 6.61 Å². The first-order chi connectivity index (χ1) is 8.36. The molecule has 2 aromatic rings. The smallest absolute Gasteiger partial charge is 0.250 e. The summed E-state index contributed by atoms with van der Waals surface area (Å²) in [6.07, 6.45) is 1.15. The summed E-state index contributed by atoms with van der Waals surface area (Å²) >= 11 is 0. The Bertz CT molecular complexity index is 550. The Balaban J connectivity index is 1.86. The maximum atomic E-state index is 5.73. The molecule has 0 N–H and O–H groups in total. The van der Waals surface area contributed by atoms with Crippen LogP contribution in [-0.2, 0) is 0 Å². The number of benzene rings is 1. The first-order valence-electron chi connectivity index (χ1n) is 5.21. The van der Waals surface area contributed by atoms with Crippen LogP contribution in [0.1, 0.15) is 17.8 Å². The first-order valence-corrected chi connectivity index (χ1v) is 5.21. The van der Waals surface area contributed by atoms with E-state index in [0.717, 1.165) is 5.75 Å². The van der Waals surface area contributed by atoms with Gasteiger partial charge in [-0.25, -0.2) is 0 Å². The third-order valence-electron chi connectivity index (χ3n) is 2.43. The van der Waals surface area contributed by atoms with Gasteiger partial charge in [0.2, 0.25) is 11.7 Å². The zero-order valence-electron chi connectivity index (χ0n) is 9.00. The monoisotopic (exact) mass is 230 g/mol. The molecule has 0 fully saturated rings. The van der Waals surface area contributed by atoms with E-state index < -0.39 is 0 Å². The van der Waals surface area contributed by atoms with Crippen molar-refractivity contribution < 1.29 is 14.0 Å². The van der Waals surface area contributed by atoms with Gasteiger partial charge in [-0.05, 0) is 18.2 Å². The molecule has 1 unspecified atom stereocenters. The number of ether oxygens (including phenoxy) is 2. The molecule has 0 bridgehead atoms. The van der Waals surface area contributed by atoms with Crippen molar-refractivity contribution in [2.75, 3.05) is 6.61 Å². The lowest BCUT2D eigenvalue weighted by Gasteiger charge is -2.24. The lowest BCUT2D eigenvalue weighted by atomic mass is 10.2. The average Bonchev–Trinajstić information content (AvgIpc) is 2.87. The van der Waals surface area contributed by atoms with Crippen molar-refractivity contribution in [2.24, 2.45) is 0 Å². The van der Waals surface area contributed by atoms with E-state index in [1.165, 1.54) is 6.08 Å². The molecule has 5 heteroatoms. The fourth-order valence-corrected chi connectivity index (χ4v) is 1.61. The highest BCUT2D eigenvalue weighted by Crippen LogP contribution is 2.34. The largest absolute Gasteiger partial charge is 0.485 e. The summed E-state index contributed by atoms with van der Waals surface area (Å²) in [6, 6.07) is 7.48. The van der Waals surface area contributed by atoms with Crippen LogP contribution in [0.15, 0.2) is 35.4 Å². The molecule has 0 aliphatic carbocycles. The van der Waals surface area contributed by atoms with Crippen molar-refractivity contribution in [1.82, 2.24) is 10.1 Å². The summed E-state index contributed by atoms with van der Waals surface area (Å²) in [5.74, 6) is 2.27. The van der Waals surface area contributed by atoms with Gasteiger partial charge in [-0.1, -0.05) is 23.9 Å². The highest BCUT2D eigenvalue weighted by Gasteiger charge is 2.26. The van der Waals surface area contributed by atoms with Crippen LogP contribution >= 0.6 is 0 Å². The van der Waals surface area contributed by atoms with E-state index in [-0.39, 0.29) is 6.10 Å². The second-order valence-corrected chi connectivity index (χ2v) is 3.56. The van der Waals surface area contributed by atoms with Crippen LogP contribution in [0.3, 0.4) is 0 Å². The molecule has 1 aliphatic rings. The molecule has 0 saturated carbocycles. The van der Waals surface area contributed by atoms with Crippen LogP contribution in [0, 0.1) is 0 Å². The van der Waals surface area contributed by atoms with Gasteiger partial charge in [0.05, 0.1) is 0 Å². The summed E-state index contributed by atoms with van der Waals surface area (Å²) in [4.78, 5) is 4.12. The van der Waals surface area contributed by atoms with Gasteiger partial charge in [-0.3, -0.25) is 0 Å². The van der Waals surface area contributed by atoms with Crippen LogP contribution in [0.4, 0.5) is 0 Å². The molecule has 0 saturated heterocycles. The molecule has 1 aliphatic heterocycles. The molecular formula is C12H10N2O3. The molecule has 17 heavy (non-hydrogen) atoms. The number of aromatic nitrogens is 2. The predicted octanol–water partition coefficient (Wildman–Crippen LogP) is 2.23. The topological polar surface area (TPSA) is 57.4 Å². The Morgan fingerprint density at radius 3 is 2.88 bits per heavy atom. The molecule has 5 nitrogen and oxygen atoms in total. The van der Waals surface area contributed by atoms with Crippen molar-refractivity contribution in [3.63, 3.8) is 0 Å². The van der Waals surface area contributed by atoms with Crippen LogP contribution in [0.25, 0.3) is 6.08 Å². The van der Waals surface area contributed by atoms with Crippen molar-refractivity contribution >= 4 is 6.08 Å². The summed E-state index contributed by atoms with van der Waals surface area (Å²) in [6.45, 7) is 3.93. The summed E-state index contributed by atoms with van der Waals surface area (Å²) in [7, 11) is 0. The van der Waals surface area contributed by atoms with Crippen molar-refractivity contribution in [3.05, 3.63) is 42.6 Å². The number of fused-ring (bicyclic) bond motifs is 1. The van der Waals surface area contributed by atoms with Crippen molar-refractivity contribution in [2.45, 2.75) is 6.10 Å². The van der Waals surface area contributed by atoms with Crippen LogP contribution < -0.4 is 9.47 Å². The highest BCUT2D eigenvalue weighted by molar-refractivity contribution is 5.41. The molecule has 86 valence electrons. The van der Waals surface area contributed by atoms with Gasteiger partial charge >= 0.3 is 0 Å². The lowest BCUT2D eigenvalue weighted by molar-refractivity contribution is 0.0832. The summed E-state index contributed by atoms with van der Waals surface area (Å²) in [5.41, 5.74) is 0. The maximum Gasteiger partial charge on any atom is 0.250 e. The SMILES string of the molecule is C=Cc1nc(C2COc3ccccc3O2)no1. The number of nitrogens with zero attached hydrogens (tertiary/aromatic N) is 2. The first kappa shape index (κ1) is 9.89. The van der Waals surface area contributed by atoms with Crippen molar-refractivity contribution in [1.29, 1.82) is 0 Å². The second-order valence-electron chi connectivity index (χ2n) is 3.56. The van der Waals surface area contributed by atoms with Gasteiger partial charge in [0.25, 0.3) is 0 Å². The van der Waals surface area contributed by atoms with E-state index in [9.17, 15) is 0 Å². The highest BCUT2D eigenvalue weighted by atomic mass is 16.6. The third-order valence-corrected chi connectivity index (χ3v) is 2.43. The maximum absolute atomic E-state index is 5.73. The molecule has 3 rings (SSSR count). The van der Waals surface area contributed by atoms with Gasteiger partial charge in [-0.15, -0.1) is 0 Å². The Morgan fingerprint density at radius 2 is 2.12 bits per heavy atom. The van der Waals surface area contributed by atoms with E-state index in [1.54, 1.807) is 0 Å². The van der Waals surface area contributed by atoms with Crippen LogP contribution in [-0.4, -0.2) is 16.7 Å². The fraction of sp³-hybridized carbons (Fsp3) is 0.167. The normalized spacial score (nSPS) is 17.8. The number of hydrogen-bond acceptors (Lipinski definition) is 5. The number of rotatable bonds is 2. The van der Waals surface area contributed by atoms with E-state index in [0.29, 0.717) is 24.1 Å². The number of hydrogen-bond donors (Lipinski definition) is 0. The van der Waals surface area contributed by atoms with E-state index in [1.807, 2.05) is 24.3 Å². The summed E-state index contributed by atoms with van der Waals surface area (Å²) < 4.78 is 16.2. The minimum atomic E-state index is -0.345. The van der Waals surface area contributed by atoms with E-state index in [4.69, 9.17) is 14.0 Å². The minimum Gasteiger partial charge on any atom is -0.485 e. The second kappa shape index (κ2) is 3.93. The van der Waals surface area contributed by atoms with Crippen LogP contribution in [0.5, 0.6) is 11.5 Å². The average molecular weight is 230 g/mol. The Labute approximate surface area is 97.7 Å². The van der Waals surface area contributed by atoms with Gasteiger partial charge in [-0.2, -0.15) is 4.98 Å². The fourth-order valence-electron chi connectivity index (χ4n) is 1.61.